The van der Waals surface area contributed by atoms with Crippen LogP contribution in [0.2, 0.25) is 0 Å². The molecule has 0 aliphatic heterocycles. The number of fused-ring (bicyclic) bond motifs is 1. The van der Waals surface area contributed by atoms with Gasteiger partial charge in [-0.05, 0) is 41.1 Å². The van der Waals surface area contributed by atoms with Crippen LogP contribution in [0.3, 0.4) is 0 Å². The van der Waals surface area contributed by atoms with E-state index in [0.717, 1.165) is 10.1 Å². The van der Waals surface area contributed by atoms with Crippen LogP contribution in [0, 0.1) is 0 Å². The molecule has 20 heavy (non-hydrogen) atoms. The Kier molecular flexibility index (Phi) is 3.07. The zero-order valence-corrected chi connectivity index (χ0v) is 11.9. The highest BCUT2D eigenvalue weighted by Gasteiger charge is 2.17. The molecule has 5 nitrogen and oxygen atoms in total. The standard InChI is InChI=1S/C13H11N3O2S2/c14-11-3-5-15-8-13(11)20(17,18)16-10-1-2-12-9(7-10)4-6-19-12/h1-8,16H,(H2,14,15). The van der Waals surface area contributed by atoms with Gasteiger partial charge in [-0.1, -0.05) is 0 Å². The topological polar surface area (TPSA) is 85.1 Å². The summed E-state index contributed by atoms with van der Waals surface area (Å²) in [7, 11) is -3.73. The molecule has 0 saturated carbocycles. The average Bonchev–Trinajstić information content (AvgIpc) is 2.86. The van der Waals surface area contributed by atoms with Crippen molar-refractivity contribution >= 4 is 42.8 Å². The Hall–Kier alpha value is -2.12. The van der Waals surface area contributed by atoms with Crippen molar-refractivity contribution in [3.8, 4) is 0 Å². The molecular weight excluding hydrogens is 294 g/mol. The van der Waals surface area contributed by atoms with Crippen molar-refractivity contribution < 1.29 is 8.42 Å². The first-order valence-electron chi connectivity index (χ1n) is 5.76. The maximum atomic E-state index is 12.3. The summed E-state index contributed by atoms with van der Waals surface area (Å²) < 4.78 is 28.2. The predicted octanol–water partition coefficient (Wildman–Crippen LogP) is 2.68. The lowest BCUT2D eigenvalue weighted by molar-refractivity contribution is 0.601. The van der Waals surface area contributed by atoms with Gasteiger partial charge >= 0.3 is 0 Å². The molecule has 3 aromatic rings. The van der Waals surface area contributed by atoms with Crippen molar-refractivity contribution in [3.63, 3.8) is 0 Å². The van der Waals surface area contributed by atoms with E-state index in [1.54, 1.807) is 23.5 Å². The van der Waals surface area contributed by atoms with E-state index in [9.17, 15) is 8.42 Å². The average molecular weight is 305 g/mol. The summed E-state index contributed by atoms with van der Waals surface area (Å²) in [6.45, 7) is 0. The van der Waals surface area contributed by atoms with Crippen LogP contribution in [0.25, 0.3) is 10.1 Å². The number of aromatic nitrogens is 1. The second kappa shape index (κ2) is 4.77. The van der Waals surface area contributed by atoms with Crippen LogP contribution >= 0.6 is 11.3 Å². The number of pyridine rings is 1. The summed E-state index contributed by atoms with van der Waals surface area (Å²) in [5.74, 6) is 0. The van der Waals surface area contributed by atoms with Gasteiger partial charge in [-0.3, -0.25) is 9.71 Å². The number of sulfonamides is 1. The molecule has 2 heterocycles. The highest BCUT2D eigenvalue weighted by atomic mass is 32.2. The molecule has 3 rings (SSSR count). The van der Waals surface area contributed by atoms with E-state index in [2.05, 4.69) is 9.71 Å². The van der Waals surface area contributed by atoms with Crippen molar-refractivity contribution in [3.05, 3.63) is 48.1 Å². The lowest BCUT2D eigenvalue weighted by Crippen LogP contribution is -2.15. The van der Waals surface area contributed by atoms with Gasteiger partial charge in [0.05, 0.1) is 5.69 Å². The molecule has 0 aliphatic rings. The minimum absolute atomic E-state index is 0.0228. The Morgan fingerprint density at radius 1 is 1.20 bits per heavy atom. The number of nitrogens with one attached hydrogen (secondary N) is 1. The first kappa shape index (κ1) is 12.9. The lowest BCUT2D eigenvalue weighted by Gasteiger charge is -2.09. The summed E-state index contributed by atoms with van der Waals surface area (Å²) in [6.07, 6.45) is 2.69. The molecule has 3 N–H and O–H groups in total. The van der Waals surface area contributed by atoms with Crippen LogP contribution in [-0.2, 0) is 10.0 Å². The fourth-order valence-electron chi connectivity index (χ4n) is 1.86. The van der Waals surface area contributed by atoms with Gasteiger partial charge in [0.25, 0.3) is 10.0 Å². The van der Waals surface area contributed by atoms with Crippen LogP contribution in [-0.4, -0.2) is 13.4 Å². The molecule has 102 valence electrons. The number of thiophene rings is 1. The fraction of sp³-hybridized carbons (Fsp3) is 0. The van der Waals surface area contributed by atoms with E-state index in [-0.39, 0.29) is 10.6 Å². The second-order valence-electron chi connectivity index (χ2n) is 4.19. The van der Waals surface area contributed by atoms with E-state index in [0.29, 0.717) is 5.69 Å². The van der Waals surface area contributed by atoms with Gasteiger partial charge in [-0.15, -0.1) is 11.3 Å². The zero-order valence-electron chi connectivity index (χ0n) is 10.3. The summed E-state index contributed by atoms with van der Waals surface area (Å²) in [5.41, 5.74) is 6.35. The molecule has 0 saturated heterocycles. The van der Waals surface area contributed by atoms with Gasteiger partial charge in [0.1, 0.15) is 4.90 Å². The maximum Gasteiger partial charge on any atom is 0.265 e. The predicted molar refractivity (Wildman–Crippen MR) is 81.3 cm³/mol. The van der Waals surface area contributed by atoms with E-state index in [1.165, 1.54) is 18.5 Å². The molecule has 0 atom stereocenters. The zero-order chi connectivity index (χ0) is 14.2. The van der Waals surface area contributed by atoms with Crippen molar-refractivity contribution in [2.24, 2.45) is 0 Å². The van der Waals surface area contributed by atoms with Gasteiger partial charge in [0.15, 0.2) is 0 Å². The monoisotopic (exact) mass is 305 g/mol. The molecule has 0 spiro atoms. The Balaban J connectivity index is 1.99. The molecular formula is C13H11N3O2S2. The van der Waals surface area contributed by atoms with Gasteiger partial charge < -0.3 is 5.73 Å². The van der Waals surface area contributed by atoms with Crippen LogP contribution in [0.1, 0.15) is 0 Å². The van der Waals surface area contributed by atoms with Crippen LogP contribution in [0.15, 0.2) is 53.0 Å². The molecule has 7 heteroatoms. The van der Waals surface area contributed by atoms with Crippen LogP contribution in [0.5, 0.6) is 0 Å². The third-order valence-electron chi connectivity index (χ3n) is 2.81. The highest BCUT2D eigenvalue weighted by molar-refractivity contribution is 7.92. The van der Waals surface area contributed by atoms with Crippen LogP contribution < -0.4 is 10.5 Å². The number of anilines is 2. The Morgan fingerprint density at radius 3 is 2.85 bits per heavy atom. The summed E-state index contributed by atoms with van der Waals surface area (Å²) in [4.78, 5) is 3.77. The van der Waals surface area contributed by atoms with Crippen molar-refractivity contribution in [1.29, 1.82) is 0 Å². The van der Waals surface area contributed by atoms with Gasteiger partial charge in [0.2, 0.25) is 0 Å². The number of nitrogens with two attached hydrogens (primary N) is 1. The fourth-order valence-corrected chi connectivity index (χ4v) is 3.75. The molecule has 0 bridgehead atoms. The number of nitrogens with zero attached hydrogens (tertiary/aromatic N) is 1. The first-order chi connectivity index (χ1) is 9.56. The van der Waals surface area contributed by atoms with Gasteiger partial charge in [-0.2, -0.15) is 0 Å². The van der Waals surface area contributed by atoms with E-state index in [4.69, 9.17) is 5.73 Å². The van der Waals surface area contributed by atoms with Crippen molar-refractivity contribution in [2.75, 3.05) is 10.5 Å². The Bertz CT molecular complexity index is 872. The second-order valence-corrected chi connectivity index (χ2v) is 6.79. The summed E-state index contributed by atoms with van der Waals surface area (Å²) in [6, 6.07) is 8.79. The number of hydrogen-bond acceptors (Lipinski definition) is 5. The molecule has 0 amide bonds. The molecule has 0 radical (unpaired) electrons. The summed E-state index contributed by atoms with van der Waals surface area (Å²) >= 11 is 1.61. The SMILES string of the molecule is Nc1ccncc1S(=O)(=O)Nc1ccc2sccc2c1. The molecule has 0 aliphatic carbocycles. The maximum absolute atomic E-state index is 12.3. The van der Waals surface area contributed by atoms with E-state index < -0.39 is 10.0 Å². The number of benzene rings is 1. The Morgan fingerprint density at radius 2 is 2.05 bits per heavy atom. The summed E-state index contributed by atoms with van der Waals surface area (Å²) in [5, 5.41) is 2.96. The first-order valence-corrected chi connectivity index (χ1v) is 8.12. The number of hydrogen-bond donors (Lipinski definition) is 2. The lowest BCUT2D eigenvalue weighted by atomic mass is 10.2. The molecule has 0 unspecified atom stereocenters. The van der Waals surface area contributed by atoms with Crippen LogP contribution in [0.4, 0.5) is 11.4 Å². The minimum atomic E-state index is -3.73. The largest absolute Gasteiger partial charge is 0.398 e. The molecule has 2 aromatic heterocycles. The van der Waals surface area contributed by atoms with E-state index in [1.807, 2.05) is 17.5 Å². The third-order valence-corrected chi connectivity index (χ3v) is 5.13. The molecule has 0 fully saturated rings. The minimum Gasteiger partial charge on any atom is -0.398 e. The van der Waals surface area contributed by atoms with E-state index >= 15 is 0 Å². The van der Waals surface area contributed by atoms with Crippen molar-refractivity contribution in [1.82, 2.24) is 4.98 Å². The number of nitrogen functional groups attached to an aromatic ring is 1. The van der Waals surface area contributed by atoms with Gasteiger partial charge in [-0.25, -0.2) is 8.42 Å². The Labute approximate surface area is 120 Å². The highest BCUT2D eigenvalue weighted by Crippen LogP contribution is 2.26. The van der Waals surface area contributed by atoms with Crippen molar-refractivity contribution in [2.45, 2.75) is 4.90 Å². The normalized spacial score (nSPS) is 11.6. The molecule has 1 aromatic carbocycles. The van der Waals surface area contributed by atoms with Gasteiger partial charge in [0, 0.05) is 22.8 Å². The number of rotatable bonds is 3. The third kappa shape index (κ3) is 2.33. The smallest absolute Gasteiger partial charge is 0.265 e. The quantitative estimate of drug-likeness (QED) is 0.779.